The van der Waals surface area contributed by atoms with E-state index in [9.17, 15) is 0 Å². The number of hydrogen-bond donors (Lipinski definition) is 1. The average molecular weight is 260 g/mol. The normalized spacial score (nSPS) is 29.4. The molecule has 0 radical (unpaired) electrons. The molecule has 2 fully saturated rings. The maximum atomic E-state index is 5.55. The van der Waals surface area contributed by atoms with E-state index >= 15 is 0 Å². The van der Waals surface area contributed by atoms with E-state index in [0.29, 0.717) is 6.04 Å². The van der Waals surface area contributed by atoms with E-state index in [1.165, 1.54) is 38.0 Å². The van der Waals surface area contributed by atoms with E-state index in [1.54, 1.807) is 0 Å². The predicted molar refractivity (Wildman–Crippen MR) is 77.4 cm³/mol. The first-order chi connectivity index (χ1) is 9.35. The lowest BCUT2D eigenvalue weighted by molar-refractivity contribution is 0.220. The summed E-state index contributed by atoms with van der Waals surface area (Å²) in [7, 11) is 0. The fourth-order valence-electron chi connectivity index (χ4n) is 3.38. The van der Waals surface area contributed by atoms with Crippen molar-refractivity contribution in [2.24, 2.45) is 5.92 Å². The van der Waals surface area contributed by atoms with Crippen LogP contribution in [-0.2, 0) is 6.54 Å². The minimum absolute atomic E-state index is 0.703. The van der Waals surface area contributed by atoms with E-state index in [1.807, 2.05) is 13.0 Å². The van der Waals surface area contributed by atoms with Crippen molar-refractivity contribution in [3.8, 4) is 5.75 Å². The second-order valence-corrected chi connectivity index (χ2v) is 5.71. The second-order valence-electron chi connectivity index (χ2n) is 5.71. The predicted octanol–water partition coefficient (Wildman–Crippen LogP) is 2.27. The average Bonchev–Trinajstić information content (AvgIpc) is 2.81. The van der Waals surface area contributed by atoms with Gasteiger partial charge in [-0.2, -0.15) is 0 Å². The van der Waals surface area contributed by atoms with Gasteiger partial charge in [0.2, 0.25) is 0 Å². The highest BCUT2D eigenvalue weighted by Crippen LogP contribution is 2.27. The van der Waals surface area contributed by atoms with Crippen molar-refractivity contribution in [1.29, 1.82) is 0 Å². The third-order valence-corrected chi connectivity index (χ3v) is 4.41. The van der Waals surface area contributed by atoms with Gasteiger partial charge in [-0.15, -0.1) is 0 Å². The number of nitrogens with one attached hydrogen (secondary N) is 1. The van der Waals surface area contributed by atoms with Crippen molar-refractivity contribution in [2.45, 2.75) is 32.4 Å². The summed E-state index contributed by atoms with van der Waals surface area (Å²) in [5.74, 6) is 1.85. The first-order valence-corrected chi connectivity index (χ1v) is 7.52. The van der Waals surface area contributed by atoms with Gasteiger partial charge in [0.1, 0.15) is 5.75 Å². The Balaban J connectivity index is 1.55. The Morgan fingerprint density at radius 3 is 3.11 bits per heavy atom. The molecule has 1 aromatic rings. The molecule has 3 rings (SSSR count). The summed E-state index contributed by atoms with van der Waals surface area (Å²) in [4.78, 5) is 2.60. The summed E-state index contributed by atoms with van der Waals surface area (Å²) < 4.78 is 5.55. The van der Waals surface area contributed by atoms with Crippen LogP contribution in [0.4, 0.5) is 0 Å². The zero-order chi connectivity index (χ0) is 13.1. The van der Waals surface area contributed by atoms with E-state index < -0.39 is 0 Å². The fraction of sp³-hybridized carbons (Fsp3) is 0.625. The van der Waals surface area contributed by atoms with Crippen LogP contribution in [0.1, 0.15) is 25.3 Å². The number of rotatable bonds is 5. The first kappa shape index (κ1) is 12.9. The monoisotopic (exact) mass is 260 g/mol. The standard InChI is InChI=1S/C16H24N2O/c1-2-19-15-5-3-4-13(10-15)11-17-16-7-9-18-8-6-14(16)12-18/h3-5,10,14,16-17H,2,6-9,11-12H2,1H3. The highest BCUT2D eigenvalue weighted by Gasteiger charge is 2.33. The molecular formula is C16H24N2O. The van der Waals surface area contributed by atoms with Crippen molar-refractivity contribution < 1.29 is 4.74 Å². The van der Waals surface area contributed by atoms with Crippen molar-refractivity contribution in [3.05, 3.63) is 29.8 Å². The maximum Gasteiger partial charge on any atom is 0.119 e. The highest BCUT2D eigenvalue weighted by molar-refractivity contribution is 5.28. The lowest BCUT2D eigenvalue weighted by Gasteiger charge is -2.31. The summed E-state index contributed by atoms with van der Waals surface area (Å²) in [6, 6.07) is 9.15. The van der Waals surface area contributed by atoms with Gasteiger partial charge >= 0.3 is 0 Å². The van der Waals surface area contributed by atoms with Gasteiger partial charge in [-0.3, -0.25) is 0 Å². The molecule has 2 bridgehead atoms. The van der Waals surface area contributed by atoms with Gasteiger partial charge in [-0.05, 0) is 56.5 Å². The van der Waals surface area contributed by atoms with Crippen molar-refractivity contribution in [2.75, 3.05) is 26.2 Å². The van der Waals surface area contributed by atoms with Crippen LogP contribution in [0.3, 0.4) is 0 Å². The SMILES string of the molecule is CCOc1cccc(CNC2CCN3CCC2C3)c1. The number of nitrogens with zero attached hydrogens (tertiary/aromatic N) is 1. The van der Waals surface area contributed by atoms with E-state index in [0.717, 1.165) is 24.8 Å². The number of piperidine rings is 1. The van der Waals surface area contributed by atoms with Gasteiger partial charge in [-0.1, -0.05) is 12.1 Å². The lowest BCUT2D eigenvalue weighted by atomic mass is 9.94. The smallest absolute Gasteiger partial charge is 0.119 e. The van der Waals surface area contributed by atoms with E-state index in [-0.39, 0.29) is 0 Å². The summed E-state index contributed by atoms with van der Waals surface area (Å²) in [5.41, 5.74) is 1.33. The Labute approximate surface area is 115 Å². The van der Waals surface area contributed by atoms with Crippen LogP contribution in [0.15, 0.2) is 24.3 Å². The van der Waals surface area contributed by atoms with Crippen LogP contribution >= 0.6 is 0 Å². The van der Waals surface area contributed by atoms with Crippen molar-refractivity contribution >= 4 is 0 Å². The molecule has 3 atom stereocenters. The van der Waals surface area contributed by atoms with Crippen molar-refractivity contribution in [1.82, 2.24) is 10.2 Å². The molecule has 3 heteroatoms. The molecule has 3 nitrogen and oxygen atoms in total. The number of hydrogen-bond acceptors (Lipinski definition) is 3. The summed E-state index contributed by atoms with van der Waals surface area (Å²) >= 11 is 0. The minimum Gasteiger partial charge on any atom is -0.494 e. The zero-order valence-corrected chi connectivity index (χ0v) is 11.8. The number of benzene rings is 1. The maximum absolute atomic E-state index is 5.55. The molecule has 104 valence electrons. The van der Waals surface area contributed by atoms with Gasteiger partial charge in [0.25, 0.3) is 0 Å². The van der Waals surface area contributed by atoms with Gasteiger partial charge < -0.3 is 15.0 Å². The molecule has 2 heterocycles. The Morgan fingerprint density at radius 2 is 2.21 bits per heavy atom. The fourth-order valence-corrected chi connectivity index (χ4v) is 3.38. The third kappa shape index (κ3) is 3.10. The van der Waals surface area contributed by atoms with Crippen LogP contribution < -0.4 is 10.1 Å². The zero-order valence-electron chi connectivity index (χ0n) is 11.8. The molecule has 19 heavy (non-hydrogen) atoms. The largest absolute Gasteiger partial charge is 0.494 e. The molecule has 0 saturated carbocycles. The van der Waals surface area contributed by atoms with Gasteiger partial charge in [0, 0.05) is 19.1 Å². The van der Waals surface area contributed by atoms with E-state index in [4.69, 9.17) is 4.74 Å². The quantitative estimate of drug-likeness (QED) is 0.879. The molecule has 1 N–H and O–H groups in total. The summed E-state index contributed by atoms with van der Waals surface area (Å²) in [5, 5.41) is 3.75. The third-order valence-electron chi connectivity index (χ3n) is 4.41. The second kappa shape index (κ2) is 5.93. The van der Waals surface area contributed by atoms with Gasteiger partial charge in [0.05, 0.1) is 6.61 Å². The molecule has 2 saturated heterocycles. The molecule has 3 unspecified atom stereocenters. The molecule has 2 aliphatic heterocycles. The van der Waals surface area contributed by atoms with Crippen LogP contribution in [0.5, 0.6) is 5.75 Å². The molecule has 2 aliphatic rings. The van der Waals surface area contributed by atoms with Gasteiger partial charge in [0.15, 0.2) is 0 Å². The Kier molecular flexibility index (Phi) is 4.04. The molecule has 0 aromatic heterocycles. The lowest BCUT2D eigenvalue weighted by Crippen LogP contribution is -2.43. The molecular weight excluding hydrogens is 236 g/mol. The molecule has 0 amide bonds. The van der Waals surface area contributed by atoms with Crippen LogP contribution in [0.2, 0.25) is 0 Å². The molecule has 0 aliphatic carbocycles. The van der Waals surface area contributed by atoms with Gasteiger partial charge in [-0.25, -0.2) is 0 Å². The Morgan fingerprint density at radius 1 is 1.32 bits per heavy atom. The van der Waals surface area contributed by atoms with Crippen molar-refractivity contribution in [3.63, 3.8) is 0 Å². The topological polar surface area (TPSA) is 24.5 Å². The minimum atomic E-state index is 0.703. The van der Waals surface area contributed by atoms with Crippen LogP contribution in [0, 0.1) is 5.92 Å². The van der Waals surface area contributed by atoms with Crippen LogP contribution in [0.25, 0.3) is 0 Å². The summed E-state index contributed by atoms with van der Waals surface area (Å²) in [6.07, 6.45) is 2.67. The first-order valence-electron chi connectivity index (χ1n) is 7.52. The molecule has 1 aromatic carbocycles. The van der Waals surface area contributed by atoms with Crippen LogP contribution in [-0.4, -0.2) is 37.2 Å². The number of ether oxygens (including phenoxy) is 1. The molecule has 0 spiro atoms. The van der Waals surface area contributed by atoms with E-state index in [2.05, 4.69) is 28.4 Å². The number of fused-ring (bicyclic) bond motifs is 2. The Hall–Kier alpha value is -1.06. The Bertz CT molecular complexity index is 421. The highest BCUT2D eigenvalue weighted by atomic mass is 16.5. The summed E-state index contributed by atoms with van der Waals surface area (Å²) in [6.45, 7) is 7.60.